The smallest absolute Gasteiger partial charge is 0.410 e. The monoisotopic (exact) mass is 329 g/mol. The van der Waals surface area contributed by atoms with E-state index in [1.807, 2.05) is 20.8 Å². The molecule has 1 unspecified atom stereocenters. The standard InChI is InChI=1S/C13H20ClN5O3/c1-13(2,3)22-12(20)19-4-5-21-7-9(6-19)17-11-16-8-15-10(14)18-11/h8-9H,4-7H2,1-3H3,(H,15,16,17,18). The first-order chi connectivity index (χ1) is 10.3. The second-order valence-corrected chi connectivity index (χ2v) is 6.26. The van der Waals surface area contributed by atoms with Gasteiger partial charge in [-0.2, -0.15) is 4.98 Å². The van der Waals surface area contributed by atoms with Crippen LogP contribution >= 0.6 is 11.6 Å². The van der Waals surface area contributed by atoms with Gasteiger partial charge in [-0.25, -0.2) is 14.8 Å². The molecule has 1 aliphatic heterocycles. The molecule has 1 aliphatic rings. The third-order valence-electron chi connectivity index (χ3n) is 2.79. The molecular formula is C13H20ClN5O3. The van der Waals surface area contributed by atoms with Crippen LogP contribution in [0.3, 0.4) is 0 Å². The Kier molecular flexibility index (Phi) is 5.36. The molecule has 1 aromatic heterocycles. The van der Waals surface area contributed by atoms with E-state index >= 15 is 0 Å². The number of carbonyl (C=O) groups excluding carboxylic acids is 1. The van der Waals surface area contributed by atoms with Gasteiger partial charge in [0, 0.05) is 13.1 Å². The van der Waals surface area contributed by atoms with Gasteiger partial charge in [0.15, 0.2) is 0 Å². The maximum Gasteiger partial charge on any atom is 0.410 e. The van der Waals surface area contributed by atoms with Crippen molar-refractivity contribution in [2.45, 2.75) is 32.4 Å². The number of anilines is 1. The van der Waals surface area contributed by atoms with Gasteiger partial charge in [-0.1, -0.05) is 0 Å². The molecule has 0 radical (unpaired) electrons. The van der Waals surface area contributed by atoms with Crippen LogP contribution in [0, 0.1) is 0 Å². The minimum Gasteiger partial charge on any atom is -0.444 e. The molecule has 9 heteroatoms. The molecule has 0 aromatic carbocycles. The van der Waals surface area contributed by atoms with Crippen molar-refractivity contribution >= 4 is 23.6 Å². The van der Waals surface area contributed by atoms with Crippen LogP contribution in [-0.2, 0) is 9.47 Å². The molecule has 1 saturated heterocycles. The molecule has 0 spiro atoms. The normalized spacial score (nSPS) is 19.5. The van der Waals surface area contributed by atoms with E-state index in [1.165, 1.54) is 6.33 Å². The fourth-order valence-corrected chi connectivity index (χ4v) is 2.04. The third kappa shape index (κ3) is 5.27. The first-order valence-electron chi connectivity index (χ1n) is 7.00. The Morgan fingerprint density at radius 2 is 2.27 bits per heavy atom. The Balaban J connectivity index is 1.99. The number of aromatic nitrogens is 3. The summed E-state index contributed by atoms with van der Waals surface area (Å²) in [5, 5.41) is 3.20. The highest BCUT2D eigenvalue weighted by Gasteiger charge is 2.27. The lowest BCUT2D eigenvalue weighted by Crippen LogP contribution is -2.43. The van der Waals surface area contributed by atoms with E-state index in [-0.39, 0.29) is 17.4 Å². The average molecular weight is 330 g/mol. The molecular weight excluding hydrogens is 310 g/mol. The molecule has 1 N–H and O–H groups in total. The number of nitrogens with zero attached hydrogens (tertiary/aromatic N) is 4. The lowest BCUT2D eigenvalue weighted by atomic mass is 10.2. The van der Waals surface area contributed by atoms with Crippen molar-refractivity contribution in [3.63, 3.8) is 0 Å². The minimum atomic E-state index is -0.533. The van der Waals surface area contributed by atoms with Gasteiger partial charge in [0.25, 0.3) is 0 Å². The Morgan fingerprint density at radius 1 is 1.50 bits per heavy atom. The summed E-state index contributed by atoms with van der Waals surface area (Å²) in [5.74, 6) is 0.347. The molecule has 2 heterocycles. The first kappa shape index (κ1) is 16.7. The first-order valence-corrected chi connectivity index (χ1v) is 7.38. The van der Waals surface area contributed by atoms with Crippen molar-refractivity contribution in [1.82, 2.24) is 19.9 Å². The van der Waals surface area contributed by atoms with Gasteiger partial charge in [-0.05, 0) is 32.4 Å². The highest BCUT2D eigenvalue weighted by molar-refractivity contribution is 6.28. The topological polar surface area (TPSA) is 89.5 Å². The van der Waals surface area contributed by atoms with E-state index in [2.05, 4.69) is 20.3 Å². The lowest BCUT2D eigenvalue weighted by molar-refractivity contribution is 0.0242. The van der Waals surface area contributed by atoms with Gasteiger partial charge in [0.05, 0.1) is 19.3 Å². The molecule has 0 saturated carbocycles. The maximum absolute atomic E-state index is 12.2. The zero-order chi connectivity index (χ0) is 16.2. The highest BCUT2D eigenvalue weighted by Crippen LogP contribution is 2.13. The SMILES string of the molecule is CC(C)(C)OC(=O)N1CCOCC(Nc2ncnc(Cl)n2)C1. The van der Waals surface area contributed by atoms with Gasteiger partial charge < -0.3 is 19.7 Å². The minimum absolute atomic E-state index is 0.107. The van der Waals surface area contributed by atoms with Crippen LogP contribution in [0.4, 0.5) is 10.7 Å². The van der Waals surface area contributed by atoms with Crippen LogP contribution in [0.15, 0.2) is 6.33 Å². The van der Waals surface area contributed by atoms with Crippen LogP contribution in [0.5, 0.6) is 0 Å². The fraction of sp³-hybridized carbons (Fsp3) is 0.692. The van der Waals surface area contributed by atoms with Crippen LogP contribution in [0.25, 0.3) is 0 Å². The number of amides is 1. The van der Waals surface area contributed by atoms with Crippen LogP contribution in [0.1, 0.15) is 20.8 Å². The Morgan fingerprint density at radius 3 is 2.95 bits per heavy atom. The van der Waals surface area contributed by atoms with E-state index in [1.54, 1.807) is 4.90 Å². The second-order valence-electron chi connectivity index (χ2n) is 5.92. The molecule has 0 aliphatic carbocycles. The van der Waals surface area contributed by atoms with Gasteiger partial charge in [-0.15, -0.1) is 0 Å². The van der Waals surface area contributed by atoms with Crippen LogP contribution in [0.2, 0.25) is 5.28 Å². The molecule has 2 rings (SSSR count). The van der Waals surface area contributed by atoms with E-state index in [0.717, 1.165) is 0 Å². The molecule has 1 atom stereocenters. The second kappa shape index (κ2) is 7.06. The van der Waals surface area contributed by atoms with Gasteiger partial charge in [-0.3, -0.25) is 0 Å². The highest BCUT2D eigenvalue weighted by atomic mass is 35.5. The van der Waals surface area contributed by atoms with E-state index in [0.29, 0.717) is 32.3 Å². The summed E-state index contributed by atoms with van der Waals surface area (Å²) in [5.41, 5.74) is -0.533. The third-order valence-corrected chi connectivity index (χ3v) is 2.97. The summed E-state index contributed by atoms with van der Waals surface area (Å²) in [6.07, 6.45) is 0.958. The summed E-state index contributed by atoms with van der Waals surface area (Å²) in [4.78, 5) is 25.5. The Hall–Kier alpha value is -1.67. The van der Waals surface area contributed by atoms with E-state index in [9.17, 15) is 4.79 Å². The Labute approximate surface area is 134 Å². The Bertz CT molecular complexity index is 523. The van der Waals surface area contributed by atoms with Crippen molar-refractivity contribution in [1.29, 1.82) is 0 Å². The van der Waals surface area contributed by atoms with Crippen molar-refractivity contribution in [2.24, 2.45) is 0 Å². The number of hydrogen-bond donors (Lipinski definition) is 1. The molecule has 22 heavy (non-hydrogen) atoms. The number of carbonyl (C=O) groups is 1. The number of ether oxygens (including phenoxy) is 2. The van der Waals surface area contributed by atoms with Crippen molar-refractivity contribution in [3.8, 4) is 0 Å². The fourth-order valence-electron chi connectivity index (χ4n) is 1.92. The van der Waals surface area contributed by atoms with Crippen molar-refractivity contribution < 1.29 is 14.3 Å². The number of hydrogen-bond acceptors (Lipinski definition) is 7. The van der Waals surface area contributed by atoms with Gasteiger partial charge >= 0.3 is 6.09 Å². The van der Waals surface area contributed by atoms with Crippen molar-refractivity contribution in [3.05, 3.63) is 11.6 Å². The predicted molar refractivity (Wildman–Crippen MR) is 80.9 cm³/mol. The van der Waals surface area contributed by atoms with Crippen molar-refractivity contribution in [2.75, 3.05) is 31.6 Å². The predicted octanol–water partition coefficient (Wildman–Crippen LogP) is 1.57. The zero-order valence-corrected chi connectivity index (χ0v) is 13.6. The molecule has 8 nitrogen and oxygen atoms in total. The lowest BCUT2D eigenvalue weighted by Gasteiger charge is -2.28. The molecule has 1 amide bonds. The van der Waals surface area contributed by atoms with Crippen LogP contribution < -0.4 is 5.32 Å². The molecule has 1 fully saturated rings. The number of halogens is 1. The molecule has 122 valence electrons. The van der Waals surface area contributed by atoms with E-state index < -0.39 is 5.60 Å². The van der Waals surface area contributed by atoms with E-state index in [4.69, 9.17) is 21.1 Å². The molecule has 1 aromatic rings. The van der Waals surface area contributed by atoms with Gasteiger partial charge in [0.1, 0.15) is 11.9 Å². The maximum atomic E-state index is 12.2. The quantitative estimate of drug-likeness (QED) is 0.880. The zero-order valence-electron chi connectivity index (χ0n) is 12.9. The average Bonchev–Trinajstić information content (AvgIpc) is 2.62. The summed E-state index contributed by atoms with van der Waals surface area (Å²) in [6, 6.07) is -0.159. The summed E-state index contributed by atoms with van der Waals surface area (Å²) < 4.78 is 10.9. The molecule has 0 bridgehead atoms. The summed E-state index contributed by atoms with van der Waals surface area (Å²) in [6.45, 7) is 7.30. The number of rotatable bonds is 2. The summed E-state index contributed by atoms with van der Waals surface area (Å²) >= 11 is 5.73. The largest absolute Gasteiger partial charge is 0.444 e. The van der Waals surface area contributed by atoms with Crippen LogP contribution in [-0.4, -0.2) is 63.9 Å². The summed E-state index contributed by atoms with van der Waals surface area (Å²) in [7, 11) is 0. The van der Waals surface area contributed by atoms with Gasteiger partial charge in [0.2, 0.25) is 11.2 Å². The number of nitrogens with one attached hydrogen (secondary N) is 1.